The van der Waals surface area contributed by atoms with E-state index in [9.17, 15) is 9.35 Å². The molecule has 0 spiro atoms. The minimum atomic E-state index is -1.02. The monoisotopic (exact) mass is 534 g/mol. The Balaban J connectivity index is 2.50. The Morgan fingerprint density at radius 2 is 2.16 bits per heavy atom. The first-order valence-corrected chi connectivity index (χ1v) is 13.1. The fourth-order valence-electron chi connectivity index (χ4n) is 2.91. The van der Waals surface area contributed by atoms with Gasteiger partial charge in [0.15, 0.2) is 0 Å². The van der Waals surface area contributed by atoms with Crippen LogP contribution in [0.4, 0.5) is 0 Å². The van der Waals surface area contributed by atoms with Crippen molar-refractivity contribution in [3.05, 3.63) is 23.9 Å². The molecule has 1 rings (SSSR count). The summed E-state index contributed by atoms with van der Waals surface area (Å²) < 4.78 is 19.5. The van der Waals surface area contributed by atoms with Gasteiger partial charge in [-0.2, -0.15) is 0 Å². The summed E-state index contributed by atoms with van der Waals surface area (Å²) >= 11 is 2.54. The van der Waals surface area contributed by atoms with Gasteiger partial charge in [-0.3, -0.25) is 4.79 Å². The molecule has 0 aromatic carbocycles. The Bertz CT molecular complexity index is 661. The number of amides is 1. The summed E-state index contributed by atoms with van der Waals surface area (Å²) in [6.07, 6.45) is 5.89. The molecule has 0 heterocycles. The van der Waals surface area contributed by atoms with E-state index in [2.05, 4.69) is 57.6 Å². The van der Waals surface area contributed by atoms with E-state index in [0.29, 0.717) is 30.8 Å². The predicted octanol–water partition coefficient (Wildman–Crippen LogP) is 0.859. The zero-order valence-electron chi connectivity index (χ0n) is 19.8. The normalized spacial score (nSPS) is 20.8. The molecule has 32 heavy (non-hydrogen) atoms. The molecule has 11 heteroatoms. The van der Waals surface area contributed by atoms with Crippen molar-refractivity contribution in [1.29, 1.82) is 0 Å². The van der Waals surface area contributed by atoms with Crippen LogP contribution in [0.1, 0.15) is 27.7 Å². The number of rotatable bonds is 14. The highest BCUT2D eigenvalue weighted by Gasteiger charge is 2.22. The number of ether oxygens (including phenoxy) is 1. The average Bonchev–Trinajstić information content (AvgIpc) is 2.75. The van der Waals surface area contributed by atoms with Gasteiger partial charge >= 0.3 is 0 Å². The SMILES string of the molecule is CCN(CCNC1=CC(NC(=O)C/N=C(/N)OC)C(Br)C=C1)[S+]([O-])CC(C)CNC(C)C. The Hall–Kier alpha value is -1.27. The number of aliphatic imine (C=N–C) groups is 1. The smallest absolute Gasteiger partial charge is 0.282 e. The van der Waals surface area contributed by atoms with E-state index in [1.165, 1.54) is 7.11 Å². The molecule has 4 unspecified atom stereocenters. The van der Waals surface area contributed by atoms with E-state index >= 15 is 0 Å². The molecular weight excluding hydrogens is 496 g/mol. The summed E-state index contributed by atoms with van der Waals surface area (Å²) in [5.74, 6) is 0.734. The predicted molar refractivity (Wildman–Crippen MR) is 136 cm³/mol. The van der Waals surface area contributed by atoms with Crippen LogP contribution in [-0.2, 0) is 20.9 Å². The Morgan fingerprint density at radius 1 is 1.44 bits per heavy atom. The molecule has 0 fully saturated rings. The van der Waals surface area contributed by atoms with Crippen LogP contribution in [0.3, 0.4) is 0 Å². The van der Waals surface area contributed by atoms with E-state index in [4.69, 9.17) is 10.5 Å². The van der Waals surface area contributed by atoms with Crippen molar-refractivity contribution in [2.24, 2.45) is 16.6 Å². The number of allylic oxidation sites excluding steroid dienone is 1. The lowest BCUT2D eigenvalue weighted by atomic mass is 10.1. The Kier molecular flexibility index (Phi) is 14.0. The molecule has 5 N–H and O–H groups in total. The van der Waals surface area contributed by atoms with E-state index in [0.717, 1.165) is 18.8 Å². The number of hydrogen-bond acceptors (Lipinski definition) is 7. The zero-order valence-corrected chi connectivity index (χ0v) is 22.2. The number of methoxy groups -OCH3 is 1. The molecule has 0 aliphatic heterocycles. The topological polar surface area (TPSA) is 127 Å². The molecule has 4 atom stereocenters. The van der Waals surface area contributed by atoms with Crippen molar-refractivity contribution >= 4 is 39.2 Å². The lowest BCUT2D eigenvalue weighted by molar-refractivity contribution is -0.120. The molecule has 0 aromatic heterocycles. The summed E-state index contributed by atoms with van der Waals surface area (Å²) in [6, 6.07) is 0.179. The minimum Gasteiger partial charge on any atom is -0.598 e. The van der Waals surface area contributed by atoms with Crippen molar-refractivity contribution in [3.63, 3.8) is 0 Å². The summed E-state index contributed by atoms with van der Waals surface area (Å²) in [6.45, 7) is 11.2. The second-order valence-corrected chi connectivity index (χ2v) is 10.5. The number of carbonyl (C=O) groups excluding carboxylic acids is 1. The molecule has 0 bridgehead atoms. The maximum absolute atomic E-state index is 12.7. The number of halogens is 1. The molecular formula is C21H39BrN6O3S. The van der Waals surface area contributed by atoms with Gasteiger partial charge in [-0.1, -0.05) is 42.8 Å². The van der Waals surface area contributed by atoms with Crippen LogP contribution in [0, 0.1) is 5.92 Å². The standard InChI is InChI=1S/C21H39BrN6O3S/c1-6-28(32(30)14-16(4)12-25-15(2)3)10-9-24-17-7-8-18(22)19(11-17)27-20(29)13-26-21(23)31-5/h7-8,11,15-16,18-19,24-25H,6,9-10,12-14H2,1-5H3,(H2,23,26)(H,27,29). The van der Waals surface area contributed by atoms with E-state index in [1.54, 1.807) is 0 Å². The highest BCUT2D eigenvalue weighted by Crippen LogP contribution is 2.17. The fraction of sp³-hybridized carbons (Fsp3) is 0.714. The van der Waals surface area contributed by atoms with E-state index in [-0.39, 0.29) is 29.3 Å². The van der Waals surface area contributed by atoms with E-state index in [1.807, 2.05) is 29.5 Å². The van der Waals surface area contributed by atoms with Crippen LogP contribution in [0.15, 0.2) is 28.9 Å². The molecule has 0 saturated carbocycles. The number of carbonyl (C=O) groups is 1. The maximum Gasteiger partial charge on any atom is 0.282 e. The maximum atomic E-state index is 12.7. The molecule has 0 radical (unpaired) electrons. The molecule has 9 nitrogen and oxygen atoms in total. The first kappa shape index (κ1) is 28.8. The van der Waals surface area contributed by atoms with Crippen LogP contribution in [0.2, 0.25) is 0 Å². The van der Waals surface area contributed by atoms with Gasteiger partial charge in [0.2, 0.25) is 5.91 Å². The summed E-state index contributed by atoms with van der Waals surface area (Å²) in [5, 5.41) is 9.67. The third kappa shape index (κ3) is 11.6. The van der Waals surface area contributed by atoms with Crippen molar-refractivity contribution in [2.75, 3.05) is 45.6 Å². The van der Waals surface area contributed by atoms with Crippen LogP contribution in [-0.4, -0.2) is 83.3 Å². The quantitative estimate of drug-likeness (QED) is 0.112. The molecule has 1 aliphatic carbocycles. The van der Waals surface area contributed by atoms with Gasteiger partial charge < -0.3 is 31.0 Å². The van der Waals surface area contributed by atoms with Gasteiger partial charge in [-0.25, -0.2) is 4.99 Å². The summed E-state index contributed by atoms with van der Waals surface area (Å²) in [5.41, 5.74) is 6.35. The first-order valence-electron chi connectivity index (χ1n) is 10.9. The van der Waals surface area contributed by atoms with Gasteiger partial charge in [-0.15, -0.1) is 4.31 Å². The van der Waals surface area contributed by atoms with Gasteiger partial charge in [0.05, 0.1) is 24.5 Å². The largest absolute Gasteiger partial charge is 0.598 e. The lowest BCUT2D eigenvalue weighted by Crippen LogP contribution is -2.43. The summed E-state index contributed by atoms with van der Waals surface area (Å²) in [4.78, 5) is 15.9. The number of nitrogens with two attached hydrogens (primary N) is 1. The molecule has 0 aromatic rings. The van der Waals surface area contributed by atoms with Gasteiger partial charge in [0.25, 0.3) is 6.02 Å². The van der Waals surface area contributed by atoms with Crippen molar-refractivity contribution in [3.8, 4) is 0 Å². The second kappa shape index (κ2) is 15.5. The van der Waals surface area contributed by atoms with Crippen molar-refractivity contribution in [1.82, 2.24) is 20.3 Å². The number of nitrogens with one attached hydrogen (secondary N) is 3. The third-order valence-corrected chi connectivity index (χ3v) is 7.46. The first-order chi connectivity index (χ1) is 15.2. The van der Waals surface area contributed by atoms with E-state index < -0.39 is 11.4 Å². The van der Waals surface area contributed by atoms with Gasteiger partial charge in [0, 0.05) is 48.7 Å². The minimum absolute atomic E-state index is 0.0265. The van der Waals surface area contributed by atoms with Crippen LogP contribution in [0.5, 0.6) is 0 Å². The number of alkyl halides is 1. The highest BCUT2D eigenvalue weighted by atomic mass is 79.9. The third-order valence-electron chi connectivity index (χ3n) is 4.71. The molecule has 0 saturated heterocycles. The summed E-state index contributed by atoms with van der Waals surface area (Å²) in [7, 11) is 1.40. The zero-order chi connectivity index (χ0) is 24.1. The van der Waals surface area contributed by atoms with Crippen molar-refractivity contribution < 1.29 is 14.1 Å². The molecule has 184 valence electrons. The lowest BCUT2D eigenvalue weighted by Gasteiger charge is -2.27. The van der Waals surface area contributed by atoms with Gasteiger partial charge in [0.1, 0.15) is 12.3 Å². The van der Waals surface area contributed by atoms with Crippen LogP contribution < -0.4 is 21.7 Å². The Morgan fingerprint density at radius 3 is 2.78 bits per heavy atom. The number of amidine groups is 1. The van der Waals surface area contributed by atoms with Gasteiger partial charge in [-0.05, 0) is 19.1 Å². The number of likely N-dealkylation sites (N-methyl/N-ethyl adjacent to an activating group) is 1. The van der Waals surface area contributed by atoms with Crippen LogP contribution in [0.25, 0.3) is 0 Å². The number of nitrogens with zero attached hydrogens (tertiary/aromatic N) is 2. The Labute approximate surface area is 204 Å². The van der Waals surface area contributed by atoms with Crippen LogP contribution >= 0.6 is 15.9 Å². The highest BCUT2D eigenvalue weighted by molar-refractivity contribution is 9.09. The second-order valence-electron chi connectivity index (χ2n) is 7.98. The average molecular weight is 536 g/mol. The molecule has 1 aliphatic rings. The fourth-order valence-corrected chi connectivity index (χ4v) is 4.75. The number of hydrogen-bond donors (Lipinski definition) is 4. The van der Waals surface area contributed by atoms with Crippen molar-refractivity contribution in [2.45, 2.75) is 44.6 Å². The molecule has 1 amide bonds.